The van der Waals surface area contributed by atoms with E-state index in [1.54, 1.807) is 7.11 Å². The third-order valence-electron chi connectivity index (χ3n) is 3.95. The van der Waals surface area contributed by atoms with Crippen molar-refractivity contribution < 1.29 is 9.66 Å². The zero-order valence-corrected chi connectivity index (χ0v) is 13.1. The van der Waals surface area contributed by atoms with Crippen molar-refractivity contribution in [3.05, 3.63) is 16.4 Å². The molecule has 122 valence electrons. The Bertz CT molecular complexity index is 511. The van der Waals surface area contributed by atoms with Crippen LogP contribution in [0.4, 0.5) is 17.3 Å². The van der Waals surface area contributed by atoms with Crippen molar-refractivity contribution in [2.45, 2.75) is 38.6 Å². The van der Waals surface area contributed by atoms with Gasteiger partial charge in [0.05, 0.1) is 11.5 Å². The summed E-state index contributed by atoms with van der Waals surface area (Å²) in [7, 11) is 1.58. The minimum absolute atomic E-state index is 0.0426. The number of rotatable bonds is 7. The molecule has 1 fully saturated rings. The van der Waals surface area contributed by atoms with Gasteiger partial charge in [-0.25, -0.2) is 9.97 Å². The molecule has 8 heteroatoms. The van der Waals surface area contributed by atoms with Crippen LogP contribution in [0, 0.1) is 10.1 Å². The molecule has 1 aliphatic heterocycles. The molecule has 1 aromatic heterocycles. The maximum absolute atomic E-state index is 11.5. The number of nitro groups is 1. The first kappa shape index (κ1) is 16.4. The summed E-state index contributed by atoms with van der Waals surface area (Å²) in [5.74, 6) is 0.680. The first-order valence-electron chi connectivity index (χ1n) is 7.67. The van der Waals surface area contributed by atoms with E-state index in [4.69, 9.17) is 4.74 Å². The summed E-state index contributed by atoms with van der Waals surface area (Å²) in [5.41, 5.74) is -0.0426. The summed E-state index contributed by atoms with van der Waals surface area (Å²) in [6.07, 6.45) is 5.58. The van der Waals surface area contributed by atoms with Crippen molar-refractivity contribution in [3.63, 3.8) is 0 Å². The summed E-state index contributed by atoms with van der Waals surface area (Å²) >= 11 is 0. The SMILES string of the molecule is CCC1CCCCN1c1ncnc(NCCOC)c1[N+](=O)[O-]. The fourth-order valence-corrected chi connectivity index (χ4v) is 2.85. The predicted molar refractivity (Wildman–Crippen MR) is 84.3 cm³/mol. The molecule has 0 aliphatic carbocycles. The van der Waals surface area contributed by atoms with Gasteiger partial charge in [-0.1, -0.05) is 6.92 Å². The number of hydrogen-bond acceptors (Lipinski definition) is 7. The van der Waals surface area contributed by atoms with E-state index in [9.17, 15) is 10.1 Å². The number of methoxy groups -OCH3 is 1. The highest BCUT2D eigenvalue weighted by atomic mass is 16.6. The maximum Gasteiger partial charge on any atom is 0.353 e. The molecule has 1 unspecified atom stereocenters. The summed E-state index contributed by atoms with van der Waals surface area (Å²) in [4.78, 5) is 21.4. The number of ether oxygens (including phenoxy) is 1. The molecule has 0 radical (unpaired) electrons. The zero-order valence-electron chi connectivity index (χ0n) is 13.1. The van der Waals surface area contributed by atoms with E-state index in [2.05, 4.69) is 27.1 Å². The number of piperidine rings is 1. The lowest BCUT2D eigenvalue weighted by Gasteiger charge is -2.35. The van der Waals surface area contributed by atoms with E-state index in [-0.39, 0.29) is 11.5 Å². The summed E-state index contributed by atoms with van der Waals surface area (Å²) in [6, 6.07) is 0.300. The Morgan fingerprint density at radius 3 is 3.00 bits per heavy atom. The zero-order chi connectivity index (χ0) is 15.9. The highest BCUT2D eigenvalue weighted by Crippen LogP contribution is 2.35. The number of anilines is 2. The molecular formula is C14H23N5O3. The second kappa shape index (κ2) is 7.88. The Balaban J connectivity index is 2.33. The summed E-state index contributed by atoms with van der Waals surface area (Å²) in [6.45, 7) is 3.82. The molecule has 0 spiro atoms. The Morgan fingerprint density at radius 2 is 2.32 bits per heavy atom. The number of nitrogens with zero attached hydrogens (tertiary/aromatic N) is 4. The van der Waals surface area contributed by atoms with Crippen LogP contribution in [0.5, 0.6) is 0 Å². The van der Waals surface area contributed by atoms with Crippen LogP contribution >= 0.6 is 0 Å². The quantitative estimate of drug-likeness (QED) is 0.469. The molecule has 0 bridgehead atoms. The van der Waals surface area contributed by atoms with E-state index in [1.807, 2.05) is 0 Å². The average molecular weight is 309 g/mol. The van der Waals surface area contributed by atoms with E-state index in [1.165, 1.54) is 6.33 Å². The standard InChI is InChI=1S/C14H23N5O3/c1-3-11-6-4-5-8-18(11)14-12(19(20)21)13(16-10-17-14)15-7-9-22-2/h10-11H,3-9H2,1-2H3,(H,15,16,17). The van der Waals surface area contributed by atoms with Crippen LogP contribution in [0.2, 0.25) is 0 Å². The van der Waals surface area contributed by atoms with Crippen molar-refractivity contribution >= 4 is 17.3 Å². The van der Waals surface area contributed by atoms with Crippen molar-refractivity contribution in [1.82, 2.24) is 9.97 Å². The smallest absolute Gasteiger partial charge is 0.353 e. The highest BCUT2D eigenvalue weighted by molar-refractivity contribution is 5.70. The van der Waals surface area contributed by atoms with Crippen LogP contribution in [0.1, 0.15) is 32.6 Å². The van der Waals surface area contributed by atoms with Crippen molar-refractivity contribution in [2.24, 2.45) is 0 Å². The van der Waals surface area contributed by atoms with Crippen molar-refractivity contribution in [1.29, 1.82) is 0 Å². The van der Waals surface area contributed by atoms with Gasteiger partial charge in [-0.15, -0.1) is 0 Å². The van der Waals surface area contributed by atoms with Gasteiger partial charge in [-0.2, -0.15) is 0 Å². The van der Waals surface area contributed by atoms with Gasteiger partial charge in [-0.05, 0) is 25.7 Å². The first-order valence-corrected chi connectivity index (χ1v) is 7.67. The van der Waals surface area contributed by atoms with Gasteiger partial charge in [0.1, 0.15) is 6.33 Å². The lowest BCUT2D eigenvalue weighted by atomic mass is 10.00. The highest BCUT2D eigenvalue weighted by Gasteiger charge is 2.31. The molecule has 8 nitrogen and oxygen atoms in total. The molecule has 0 amide bonds. The third-order valence-corrected chi connectivity index (χ3v) is 3.95. The van der Waals surface area contributed by atoms with Gasteiger partial charge < -0.3 is 15.0 Å². The average Bonchev–Trinajstić information content (AvgIpc) is 2.54. The van der Waals surface area contributed by atoms with Crippen LogP contribution in [0.25, 0.3) is 0 Å². The Kier molecular flexibility index (Phi) is 5.88. The van der Waals surface area contributed by atoms with Gasteiger partial charge in [0.25, 0.3) is 0 Å². The van der Waals surface area contributed by atoms with Gasteiger partial charge >= 0.3 is 5.69 Å². The molecule has 22 heavy (non-hydrogen) atoms. The molecule has 1 aromatic rings. The van der Waals surface area contributed by atoms with Gasteiger partial charge in [0, 0.05) is 26.2 Å². The lowest BCUT2D eigenvalue weighted by molar-refractivity contribution is -0.383. The lowest BCUT2D eigenvalue weighted by Crippen LogP contribution is -2.40. The molecular weight excluding hydrogens is 286 g/mol. The second-order valence-corrected chi connectivity index (χ2v) is 5.32. The van der Waals surface area contributed by atoms with Crippen LogP contribution < -0.4 is 10.2 Å². The minimum Gasteiger partial charge on any atom is -0.383 e. The predicted octanol–water partition coefficient (Wildman–Crippen LogP) is 2.21. The Labute approximate surface area is 130 Å². The van der Waals surface area contributed by atoms with Crippen LogP contribution in [0.15, 0.2) is 6.33 Å². The van der Waals surface area contributed by atoms with Crippen LogP contribution in [-0.2, 0) is 4.74 Å². The molecule has 1 atom stereocenters. The molecule has 1 saturated heterocycles. The molecule has 2 heterocycles. The fraction of sp³-hybridized carbons (Fsp3) is 0.714. The molecule has 1 aliphatic rings. The molecule has 2 rings (SSSR count). The topological polar surface area (TPSA) is 93.4 Å². The second-order valence-electron chi connectivity index (χ2n) is 5.32. The summed E-state index contributed by atoms with van der Waals surface area (Å²) < 4.78 is 4.96. The largest absolute Gasteiger partial charge is 0.383 e. The fourth-order valence-electron chi connectivity index (χ4n) is 2.85. The number of aromatic nitrogens is 2. The normalized spacial score (nSPS) is 18.3. The van der Waals surface area contributed by atoms with E-state index >= 15 is 0 Å². The molecule has 0 saturated carbocycles. The third kappa shape index (κ3) is 3.62. The number of nitrogens with one attached hydrogen (secondary N) is 1. The van der Waals surface area contributed by atoms with E-state index < -0.39 is 4.92 Å². The Hall–Kier alpha value is -1.96. The van der Waals surface area contributed by atoms with Crippen LogP contribution in [0.3, 0.4) is 0 Å². The molecule has 0 aromatic carbocycles. The van der Waals surface area contributed by atoms with Crippen molar-refractivity contribution in [3.8, 4) is 0 Å². The first-order chi connectivity index (χ1) is 10.7. The van der Waals surface area contributed by atoms with E-state index in [0.717, 1.165) is 32.2 Å². The van der Waals surface area contributed by atoms with Gasteiger partial charge in [-0.3, -0.25) is 10.1 Å². The van der Waals surface area contributed by atoms with Crippen LogP contribution in [-0.4, -0.2) is 47.7 Å². The maximum atomic E-state index is 11.5. The Morgan fingerprint density at radius 1 is 1.50 bits per heavy atom. The molecule has 1 N–H and O–H groups in total. The number of hydrogen-bond donors (Lipinski definition) is 1. The minimum atomic E-state index is -0.397. The van der Waals surface area contributed by atoms with E-state index in [0.29, 0.717) is 25.0 Å². The van der Waals surface area contributed by atoms with Gasteiger partial charge in [0.2, 0.25) is 11.6 Å². The monoisotopic (exact) mass is 309 g/mol. The summed E-state index contributed by atoms with van der Waals surface area (Å²) in [5, 5.41) is 14.5. The van der Waals surface area contributed by atoms with Crippen molar-refractivity contribution in [2.75, 3.05) is 37.0 Å². The van der Waals surface area contributed by atoms with Gasteiger partial charge in [0.15, 0.2) is 0 Å².